The summed E-state index contributed by atoms with van der Waals surface area (Å²) in [5.74, 6) is -0.724. The maximum atomic E-state index is 11.9. The number of nitrogens with zero attached hydrogens (tertiary/aromatic N) is 2. The predicted molar refractivity (Wildman–Crippen MR) is 211 cm³/mol. The van der Waals surface area contributed by atoms with E-state index in [2.05, 4.69) is 13.8 Å². The summed E-state index contributed by atoms with van der Waals surface area (Å²) in [7, 11) is -5.01. The van der Waals surface area contributed by atoms with Crippen LogP contribution in [0.25, 0.3) is 0 Å². The maximum absolute atomic E-state index is 11.9. The maximum Gasteiger partial charge on any atom is 2.00 e. The zero-order valence-electron chi connectivity index (χ0n) is 33.3. The van der Waals surface area contributed by atoms with Gasteiger partial charge in [0.25, 0.3) is 0 Å². The number of rotatable bonds is 34. The van der Waals surface area contributed by atoms with Gasteiger partial charge in [0, 0.05) is 51.5 Å². The Balaban J connectivity index is -0.000000886. The van der Waals surface area contributed by atoms with Crippen molar-refractivity contribution in [3.63, 3.8) is 0 Å². The van der Waals surface area contributed by atoms with Crippen molar-refractivity contribution < 1.29 is 35.5 Å². The second kappa shape index (κ2) is 38.3. The number of hydrogen-bond donors (Lipinski definition) is 0. The van der Waals surface area contributed by atoms with Crippen LogP contribution in [0.2, 0.25) is 0 Å². The molecule has 0 aliphatic heterocycles. The molecule has 0 aliphatic rings. The molecule has 0 aromatic carbocycles. The van der Waals surface area contributed by atoms with Gasteiger partial charge in [0.1, 0.15) is 0 Å². The number of unbranched alkanes of at least 4 members (excludes halogenated alkanes) is 22. The Morgan fingerprint density at radius 3 is 0.843 bits per heavy atom. The van der Waals surface area contributed by atoms with Gasteiger partial charge >= 0.3 is 37.7 Å². The zero-order valence-corrected chi connectivity index (χ0v) is 37.2. The molecule has 0 N–H and O–H groups in total. The smallest absolute Gasteiger partial charge is 0.748 e. The monoisotopic (exact) mass is 792 g/mol. The van der Waals surface area contributed by atoms with Crippen LogP contribution in [0, 0.1) is 0 Å². The van der Waals surface area contributed by atoms with E-state index in [1.165, 1.54) is 138 Å². The molecule has 0 aliphatic carbocycles. The fourth-order valence-electron chi connectivity index (χ4n) is 5.82. The van der Waals surface area contributed by atoms with Crippen molar-refractivity contribution in [2.24, 2.45) is 0 Å². The van der Waals surface area contributed by atoms with Crippen LogP contribution in [0.5, 0.6) is 0 Å². The van der Waals surface area contributed by atoms with Crippen molar-refractivity contribution in [1.29, 1.82) is 0 Å². The molecular formula is C38H76CaN2O8S2. The van der Waals surface area contributed by atoms with Gasteiger partial charge in [-0.05, 0) is 25.7 Å². The molecule has 0 saturated heterocycles. The van der Waals surface area contributed by atoms with Gasteiger partial charge in [0.15, 0.2) is 0 Å². The van der Waals surface area contributed by atoms with Gasteiger partial charge < -0.3 is 18.9 Å². The normalized spacial score (nSPS) is 11.4. The minimum Gasteiger partial charge on any atom is -0.748 e. The molecule has 0 fully saturated rings. The van der Waals surface area contributed by atoms with Crippen LogP contribution in [0.4, 0.5) is 0 Å². The minimum atomic E-state index is -4.17. The van der Waals surface area contributed by atoms with Crippen LogP contribution in [0.1, 0.15) is 194 Å². The summed E-state index contributed by atoms with van der Waals surface area (Å²) >= 11 is 0. The fourth-order valence-corrected chi connectivity index (χ4v) is 6.79. The molecule has 0 radical (unpaired) electrons. The SMILES string of the molecule is CCCCCCCCCCCCCCC(=O)N(C)CCCS(=O)(=O)[O-].CCCCCCCCCCCCCCC(=O)N(C)CCCS(=O)(=O)[O-].[Ca+2]. The number of amides is 2. The Bertz CT molecular complexity index is 933. The molecule has 10 nitrogen and oxygen atoms in total. The fraction of sp³-hybridized carbons (Fsp3) is 0.947. The van der Waals surface area contributed by atoms with E-state index in [1.54, 1.807) is 14.1 Å². The molecule has 0 aromatic heterocycles. The van der Waals surface area contributed by atoms with E-state index in [1.807, 2.05) is 0 Å². The van der Waals surface area contributed by atoms with Gasteiger partial charge in [-0.3, -0.25) is 9.59 Å². The van der Waals surface area contributed by atoms with Crippen LogP contribution in [0.15, 0.2) is 0 Å². The third-order valence-electron chi connectivity index (χ3n) is 9.12. The van der Waals surface area contributed by atoms with Gasteiger partial charge in [-0.15, -0.1) is 0 Å². The van der Waals surface area contributed by atoms with Gasteiger partial charge in [-0.25, -0.2) is 16.8 Å². The average Bonchev–Trinajstić information content (AvgIpc) is 3.04. The van der Waals surface area contributed by atoms with Crippen LogP contribution >= 0.6 is 0 Å². The van der Waals surface area contributed by atoms with Gasteiger partial charge in [-0.1, -0.05) is 155 Å². The van der Waals surface area contributed by atoms with E-state index in [4.69, 9.17) is 0 Å². The molecule has 0 aromatic rings. The summed E-state index contributed by atoms with van der Waals surface area (Å²) in [6.07, 6.45) is 31.8. The molecule has 0 atom stereocenters. The van der Waals surface area contributed by atoms with Crippen molar-refractivity contribution in [1.82, 2.24) is 9.80 Å². The van der Waals surface area contributed by atoms with E-state index in [0.717, 1.165) is 25.7 Å². The number of carbonyl (C=O) groups excluding carboxylic acids is 2. The minimum absolute atomic E-state index is 0. The van der Waals surface area contributed by atoms with Crippen molar-refractivity contribution >= 4 is 69.8 Å². The molecule has 2 amide bonds. The van der Waals surface area contributed by atoms with E-state index in [0.29, 0.717) is 25.9 Å². The number of carbonyl (C=O) groups is 2. The predicted octanol–water partition coefficient (Wildman–Crippen LogP) is 8.56. The quantitative estimate of drug-likeness (QED) is 0.0357. The Hall–Kier alpha value is 0.0197. The van der Waals surface area contributed by atoms with Crippen molar-refractivity contribution in [2.45, 2.75) is 194 Å². The van der Waals surface area contributed by atoms with Gasteiger partial charge in [-0.2, -0.15) is 0 Å². The van der Waals surface area contributed by atoms with Crippen molar-refractivity contribution in [2.75, 3.05) is 38.7 Å². The molecule has 0 unspecified atom stereocenters. The third kappa shape index (κ3) is 46.1. The first-order valence-corrected chi connectivity index (χ1v) is 23.2. The Labute approximate surface area is 344 Å². The summed E-state index contributed by atoms with van der Waals surface area (Å²) in [6, 6.07) is 0. The van der Waals surface area contributed by atoms with Gasteiger partial charge in [0.2, 0.25) is 11.8 Å². The van der Waals surface area contributed by atoms with E-state index in [9.17, 15) is 35.5 Å². The molecule has 51 heavy (non-hydrogen) atoms. The largest absolute Gasteiger partial charge is 2.00 e. The Morgan fingerprint density at radius 1 is 0.412 bits per heavy atom. The van der Waals surface area contributed by atoms with Gasteiger partial charge in [0.05, 0.1) is 20.2 Å². The summed E-state index contributed by atoms with van der Waals surface area (Å²) in [5, 5.41) is 0. The second-order valence-electron chi connectivity index (χ2n) is 14.1. The van der Waals surface area contributed by atoms with Crippen LogP contribution in [-0.2, 0) is 29.8 Å². The van der Waals surface area contributed by atoms with E-state index >= 15 is 0 Å². The zero-order chi connectivity index (χ0) is 37.9. The molecule has 0 bridgehead atoms. The third-order valence-corrected chi connectivity index (χ3v) is 10.7. The Kier molecular flexibility index (Phi) is 41.6. The van der Waals surface area contributed by atoms with E-state index in [-0.39, 0.29) is 62.4 Å². The van der Waals surface area contributed by atoms with Crippen LogP contribution in [-0.4, -0.2) is 124 Å². The molecule has 0 heterocycles. The molecule has 0 spiro atoms. The summed E-state index contributed by atoms with van der Waals surface area (Å²) in [4.78, 5) is 26.8. The first-order valence-electron chi connectivity index (χ1n) is 20.1. The molecule has 0 saturated carbocycles. The standard InChI is InChI=1S/2C19H39NO4S.Ca/c2*1-3-4-5-6-7-8-9-10-11-12-13-14-16-19(21)20(2)17-15-18-25(22,23)24;/h2*3-18H2,1-2H3,(H,22,23,24);/q;;+2/p-2. The van der Waals surface area contributed by atoms with Crippen molar-refractivity contribution in [3.8, 4) is 0 Å². The summed E-state index contributed by atoms with van der Waals surface area (Å²) in [6.45, 7) is 5.15. The topological polar surface area (TPSA) is 155 Å². The first kappa shape index (κ1) is 55.4. The Morgan fingerprint density at radius 2 is 0.627 bits per heavy atom. The van der Waals surface area contributed by atoms with Crippen LogP contribution < -0.4 is 0 Å². The second-order valence-corrected chi connectivity index (χ2v) is 17.2. The number of hydrogen-bond acceptors (Lipinski definition) is 8. The molecule has 13 heteroatoms. The van der Waals surface area contributed by atoms with Crippen molar-refractivity contribution in [3.05, 3.63) is 0 Å². The molecule has 0 rings (SSSR count). The summed E-state index contributed by atoms with van der Waals surface area (Å²) in [5.41, 5.74) is 0. The average molecular weight is 793 g/mol. The van der Waals surface area contributed by atoms with Crippen LogP contribution in [0.3, 0.4) is 0 Å². The van der Waals surface area contributed by atoms with E-state index < -0.39 is 31.7 Å². The molecule has 300 valence electrons. The summed E-state index contributed by atoms with van der Waals surface area (Å²) < 4.78 is 63.1. The first-order chi connectivity index (χ1) is 23.7. The molecular weight excluding hydrogens is 717 g/mol.